The first kappa shape index (κ1) is 16.5. The van der Waals surface area contributed by atoms with Crippen LogP contribution in [-0.2, 0) is 4.79 Å². The second kappa shape index (κ2) is 9.37. The Morgan fingerprint density at radius 2 is 1.86 bits per heavy atom. The molecule has 0 spiro atoms. The van der Waals surface area contributed by atoms with Crippen molar-refractivity contribution in [1.29, 1.82) is 5.26 Å². The second-order valence-electron chi connectivity index (χ2n) is 4.25. The smallest absolute Gasteiger partial charge is 0.251 e. The summed E-state index contributed by atoms with van der Waals surface area (Å²) in [7, 11) is 0. The fourth-order valence-electron chi connectivity index (χ4n) is 1.62. The number of ether oxygens (including phenoxy) is 1. The number of hydrogen-bond donors (Lipinski definition) is 2. The third-order valence-electron chi connectivity index (χ3n) is 2.63. The lowest BCUT2D eigenvalue weighted by Crippen LogP contribution is -2.29. The lowest BCUT2D eigenvalue weighted by atomic mass is 10.2. The molecule has 0 unspecified atom stereocenters. The molecule has 0 aliphatic carbocycles. The van der Waals surface area contributed by atoms with Gasteiger partial charge in [0.25, 0.3) is 5.91 Å². The normalized spacial score (nSPS) is 9.52. The first-order chi connectivity index (χ1) is 10.2. The van der Waals surface area contributed by atoms with Crippen LogP contribution in [-0.4, -0.2) is 31.5 Å². The molecule has 6 nitrogen and oxygen atoms in total. The summed E-state index contributed by atoms with van der Waals surface area (Å²) in [4.78, 5) is 22.8. The molecule has 0 aliphatic heterocycles. The highest BCUT2D eigenvalue weighted by molar-refractivity contribution is 5.94. The molecule has 0 heterocycles. The first-order valence-corrected chi connectivity index (χ1v) is 6.82. The van der Waals surface area contributed by atoms with Crippen molar-refractivity contribution < 1.29 is 14.3 Å². The molecule has 6 heteroatoms. The van der Waals surface area contributed by atoms with E-state index in [0.717, 1.165) is 5.75 Å². The summed E-state index contributed by atoms with van der Waals surface area (Å²) in [5.74, 6) is 0.269. The van der Waals surface area contributed by atoms with Crippen molar-refractivity contribution in [2.45, 2.75) is 19.8 Å². The zero-order chi connectivity index (χ0) is 15.5. The number of hydrogen-bond acceptors (Lipinski definition) is 4. The number of nitrogens with one attached hydrogen (secondary N) is 2. The molecule has 0 atom stereocenters. The molecule has 0 fully saturated rings. The maximum atomic E-state index is 11.8. The van der Waals surface area contributed by atoms with Crippen molar-refractivity contribution in [1.82, 2.24) is 10.6 Å². The molecule has 2 amide bonds. The molecule has 1 aromatic rings. The zero-order valence-corrected chi connectivity index (χ0v) is 12.0. The molecule has 2 N–H and O–H groups in total. The zero-order valence-electron chi connectivity index (χ0n) is 12.0. The van der Waals surface area contributed by atoms with Gasteiger partial charge in [0.15, 0.2) is 0 Å². The van der Waals surface area contributed by atoms with Crippen LogP contribution in [0.2, 0.25) is 0 Å². The van der Waals surface area contributed by atoms with Gasteiger partial charge in [0.05, 0.1) is 12.7 Å². The number of nitriles is 1. The highest BCUT2D eigenvalue weighted by Crippen LogP contribution is 2.11. The number of rotatable bonds is 8. The van der Waals surface area contributed by atoms with Crippen LogP contribution in [0, 0.1) is 11.3 Å². The van der Waals surface area contributed by atoms with E-state index >= 15 is 0 Å². The van der Waals surface area contributed by atoms with E-state index in [4.69, 9.17) is 10.00 Å². The topological polar surface area (TPSA) is 91.2 Å². The molecule has 0 aromatic heterocycles. The molecule has 0 saturated heterocycles. The maximum Gasteiger partial charge on any atom is 0.251 e. The summed E-state index contributed by atoms with van der Waals surface area (Å²) >= 11 is 0. The molecule has 1 aromatic carbocycles. The lowest BCUT2D eigenvalue weighted by Gasteiger charge is -2.07. The molecule has 0 radical (unpaired) electrons. The van der Waals surface area contributed by atoms with E-state index < -0.39 is 0 Å². The number of nitrogens with zero attached hydrogens (tertiary/aromatic N) is 1. The highest BCUT2D eigenvalue weighted by atomic mass is 16.5. The van der Waals surface area contributed by atoms with Crippen LogP contribution in [0.25, 0.3) is 0 Å². The van der Waals surface area contributed by atoms with Gasteiger partial charge in [-0.05, 0) is 37.6 Å². The van der Waals surface area contributed by atoms with Gasteiger partial charge < -0.3 is 15.4 Å². The fraction of sp³-hybridized carbons (Fsp3) is 0.400. The van der Waals surface area contributed by atoms with Crippen LogP contribution in [0.15, 0.2) is 24.3 Å². The van der Waals surface area contributed by atoms with Gasteiger partial charge in [0, 0.05) is 18.7 Å². The van der Waals surface area contributed by atoms with Crippen LogP contribution >= 0.6 is 0 Å². The monoisotopic (exact) mass is 289 g/mol. The fourth-order valence-corrected chi connectivity index (χ4v) is 1.62. The second-order valence-corrected chi connectivity index (χ2v) is 4.25. The third-order valence-corrected chi connectivity index (χ3v) is 2.63. The predicted molar refractivity (Wildman–Crippen MR) is 77.8 cm³/mol. The number of benzene rings is 1. The van der Waals surface area contributed by atoms with E-state index in [1.54, 1.807) is 30.3 Å². The molecule has 0 aliphatic rings. The Morgan fingerprint density at radius 3 is 2.48 bits per heavy atom. The van der Waals surface area contributed by atoms with E-state index in [-0.39, 0.29) is 18.2 Å². The van der Waals surface area contributed by atoms with Crippen LogP contribution < -0.4 is 15.4 Å². The van der Waals surface area contributed by atoms with Gasteiger partial charge in [-0.25, -0.2) is 0 Å². The molecule has 0 bridgehead atoms. The molecule has 112 valence electrons. The van der Waals surface area contributed by atoms with Gasteiger partial charge in [-0.1, -0.05) is 0 Å². The Hall–Kier alpha value is -2.55. The predicted octanol–water partition coefficient (Wildman–Crippen LogP) is 1.24. The Kier molecular flexibility index (Phi) is 7.36. The number of amides is 2. The Bertz CT molecular complexity index is 506. The molecule has 0 saturated carbocycles. The van der Waals surface area contributed by atoms with Crippen LogP contribution in [0.4, 0.5) is 0 Å². The van der Waals surface area contributed by atoms with Crippen molar-refractivity contribution in [3.8, 4) is 11.8 Å². The van der Waals surface area contributed by atoms with Crippen LogP contribution in [0.3, 0.4) is 0 Å². The van der Waals surface area contributed by atoms with E-state index in [1.807, 2.05) is 6.92 Å². The minimum Gasteiger partial charge on any atom is -0.494 e. The Morgan fingerprint density at radius 1 is 1.19 bits per heavy atom. The lowest BCUT2D eigenvalue weighted by molar-refractivity contribution is -0.120. The van der Waals surface area contributed by atoms with Gasteiger partial charge in [-0.3, -0.25) is 9.59 Å². The van der Waals surface area contributed by atoms with Crippen molar-refractivity contribution in [2.24, 2.45) is 0 Å². The molecule has 21 heavy (non-hydrogen) atoms. The first-order valence-electron chi connectivity index (χ1n) is 6.82. The van der Waals surface area contributed by atoms with Crippen molar-refractivity contribution >= 4 is 11.8 Å². The van der Waals surface area contributed by atoms with Gasteiger partial charge >= 0.3 is 0 Å². The summed E-state index contributed by atoms with van der Waals surface area (Å²) in [6, 6.07) is 8.68. The number of carbonyl (C=O) groups excluding carboxylic acids is 2. The minimum atomic E-state index is -0.296. The van der Waals surface area contributed by atoms with Gasteiger partial charge in [0.2, 0.25) is 5.91 Å². The third kappa shape index (κ3) is 6.43. The highest BCUT2D eigenvalue weighted by Gasteiger charge is 2.05. The molecular weight excluding hydrogens is 270 g/mol. The largest absolute Gasteiger partial charge is 0.494 e. The quantitative estimate of drug-likeness (QED) is 0.704. The van der Waals surface area contributed by atoms with E-state index in [2.05, 4.69) is 10.6 Å². The standard InChI is InChI=1S/C15H19N3O3/c1-2-21-13-6-4-12(5-7-13)15(20)18-11-3-10-17-14(19)8-9-16/h4-7H,2-3,8,10-11H2,1H3,(H,17,19)(H,18,20). The average Bonchev–Trinajstić information content (AvgIpc) is 2.48. The van der Waals surface area contributed by atoms with Crippen molar-refractivity contribution in [3.05, 3.63) is 29.8 Å². The van der Waals surface area contributed by atoms with Crippen LogP contribution in [0.1, 0.15) is 30.1 Å². The van der Waals surface area contributed by atoms with Gasteiger partial charge in [-0.2, -0.15) is 5.26 Å². The maximum absolute atomic E-state index is 11.8. The van der Waals surface area contributed by atoms with Gasteiger partial charge in [-0.15, -0.1) is 0 Å². The van der Waals surface area contributed by atoms with E-state index in [0.29, 0.717) is 31.7 Å². The van der Waals surface area contributed by atoms with Crippen molar-refractivity contribution in [2.75, 3.05) is 19.7 Å². The van der Waals surface area contributed by atoms with E-state index in [9.17, 15) is 9.59 Å². The van der Waals surface area contributed by atoms with Crippen molar-refractivity contribution in [3.63, 3.8) is 0 Å². The minimum absolute atomic E-state index is 0.140. The Balaban J connectivity index is 2.24. The summed E-state index contributed by atoms with van der Waals surface area (Å²) in [6.45, 7) is 3.38. The van der Waals surface area contributed by atoms with Crippen LogP contribution in [0.5, 0.6) is 5.75 Å². The van der Waals surface area contributed by atoms with E-state index in [1.165, 1.54) is 0 Å². The van der Waals surface area contributed by atoms with Gasteiger partial charge in [0.1, 0.15) is 12.2 Å². The Labute approximate surface area is 124 Å². The summed E-state index contributed by atoms with van der Waals surface area (Å²) in [5, 5.41) is 13.7. The molecular formula is C15H19N3O3. The molecule has 1 rings (SSSR count). The summed E-state index contributed by atoms with van der Waals surface area (Å²) in [5.41, 5.74) is 0.562. The SMILES string of the molecule is CCOc1ccc(C(=O)NCCCNC(=O)CC#N)cc1. The summed E-state index contributed by atoms with van der Waals surface area (Å²) < 4.78 is 5.30. The average molecular weight is 289 g/mol. The summed E-state index contributed by atoms with van der Waals surface area (Å²) in [6.07, 6.45) is 0.471. The number of carbonyl (C=O) groups is 2.